The quantitative estimate of drug-likeness (QED) is 0.479. The molecule has 1 heteroatoms. The summed E-state index contributed by atoms with van der Waals surface area (Å²) in [6.07, 6.45) is 0.583. The molecule has 0 amide bonds. The molecule has 1 atom stereocenters. The number of ether oxygens (including phenoxy) is 1. The molecule has 0 radical (unpaired) electrons. The summed E-state index contributed by atoms with van der Waals surface area (Å²) in [5, 5.41) is 0. The predicted octanol–water partition coefficient (Wildman–Crippen LogP) is 3.48. The van der Waals surface area contributed by atoms with Crippen LogP contribution in [0.4, 0.5) is 0 Å². The summed E-state index contributed by atoms with van der Waals surface area (Å²) in [4.78, 5) is 0. The van der Waals surface area contributed by atoms with Gasteiger partial charge in [-0.25, -0.2) is 0 Å². The molecule has 1 aliphatic heterocycles. The topological polar surface area (TPSA) is 12.5 Å². The average Bonchev–Trinajstić information content (AvgIpc) is 2.84. The van der Waals surface area contributed by atoms with Gasteiger partial charge < -0.3 is 4.74 Å². The lowest BCUT2D eigenvalue weighted by Crippen LogP contribution is -1.60. The molecule has 10 heavy (non-hydrogen) atoms. The van der Waals surface area contributed by atoms with Gasteiger partial charge in [-0.05, 0) is 6.92 Å². The van der Waals surface area contributed by atoms with Gasteiger partial charge in [0.05, 0.1) is 12.7 Å². The Bertz CT molecular complexity index is 23.9. The van der Waals surface area contributed by atoms with Gasteiger partial charge in [-0.2, -0.15) is 0 Å². The number of hydrogen-bond acceptors (Lipinski definition) is 1. The molecule has 1 heterocycles. The van der Waals surface area contributed by atoms with Crippen molar-refractivity contribution >= 4 is 0 Å². The van der Waals surface area contributed by atoms with Gasteiger partial charge in [0.25, 0.3) is 0 Å². The fourth-order valence-corrected chi connectivity index (χ4v) is 0.0962. The van der Waals surface area contributed by atoms with Gasteiger partial charge in [-0.1, -0.05) is 41.5 Å². The number of epoxide rings is 1. The predicted molar refractivity (Wildman–Crippen MR) is 49.5 cm³/mol. The van der Waals surface area contributed by atoms with Crippen molar-refractivity contribution in [3.05, 3.63) is 0 Å². The SMILES string of the molecule is CC.CC.CC.CC1CO1. The highest BCUT2D eigenvalue weighted by atomic mass is 16.6. The zero-order valence-electron chi connectivity index (χ0n) is 8.69. The minimum Gasteiger partial charge on any atom is -0.373 e. The van der Waals surface area contributed by atoms with Crippen LogP contribution in [-0.2, 0) is 4.74 Å². The molecule has 1 aliphatic rings. The second-order valence-corrected chi connectivity index (χ2v) is 1.14. The summed E-state index contributed by atoms with van der Waals surface area (Å²) in [6.45, 7) is 15.0. The van der Waals surface area contributed by atoms with Crippen molar-refractivity contribution in [3.63, 3.8) is 0 Å². The first kappa shape index (κ1) is 16.5. The Labute approximate surface area is 66.8 Å². The fourth-order valence-electron chi connectivity index (χ4n) is 0.0962. The van der Waals surface area contributed by atoms with E-state index in [1.807, 2.05) is 41.5 Å². The van der Waals surface area contributed by atoms with E-state index < -0.39 is 0 Å². The highest BCUT2D eigenvalue weighted by Crippen LogP contribution is 2.04. The van der Waals surface area contributed by atoms with Crippen molar-refractivity contribution < 1.29 is 4.74 Å². The third kappa shape index (κ3) is 44.0. The van der Waals surface area contributed by atoms with Crippen molar-refractivity contribution in [2.45, 2.75) is 54.6 Å². The molecule has 66 valence electrons. The Hall–Kier alpha value is -0.0400. The smallest absolute Gasteiger partial charge is 0.0781 e. The molecule has 1 fully saturated rings. The highest BCUT2D eigenvalue weighted by Gasteiger charge is 2.13. The van der Waals surface area contributed by atoms with Crippen molar-refractivity contribution in [1.29, 1.82) is 0 Å². The molecule has 1 nitrogen and oxygen atoms in total. The van der Waals surface area contributed by atoms with E-state index in [9.17, 15) is 0 Å². The molecule has 0 spiro atoms. The van der Waals surface area contributed by atoms with Gasteiger partial charge in [0, 0.05) is 0 Å². The van der Waals surface area contributed by atoms with E-state index in [2.05, 4.69) is 6.92 Å². The second kappa shape index (κ2) is 23.1. The monoisotopic (exact) mass is 148 g/mol. The summed E-state index contributed by atoms with van der Waals surface area (Å²) in [7, 11) is 0. The molecule has 1 unspecified atom stereocenters. The standard InChI is InChI=1S/C3H6O.3C2H6/c1-3-2-4-3;3*1-2/h3H,2H2,1H3;3*1-2H3. The Balaban J connectivity index is -0.0000000729. The molecular formula is C9H24O. The molecule has 0 aromatic rings. The van der Waals surface area contributed by atoms with Crippen LogP contribution in [-0.4, -0.2) is 12.7 Å². The fraction of sp³-hybridized carbons (Fsp3) is 1.00. The minimum absolute atomic E-state index is 0.583. The van der Waals surface area contributed by atoms with Crippen LogP contribution in [0.5, 0.6) is 0 Å². The van der Waals surface area contributed by atoms with E-state index in [0.717, 1.165) is 6.61 Å². The molecule has 0 saturated carbocycles. The Morgan fingerprint density at radius 2 is 1.00 bits per heavy atom. The summed E-state index contributed by atoms with van der Waals surface area (Å²) in [5.41, 5.74) is 0. The maximum Gasteiger partial charge on any atom is 0.0781 e. The molecule has 0 N–H and O–H groups in total. The first-order valence-electron chi connectivity index (χ1n) is 4.51. The maximum absolute atomic E-state index is 4.71. The second-order valence-electron chi connectivity index (χ2n) is 1.14. The van der Waals surface area contributed by atoms with E-state index in [4.69, 9.17) is 4.74 Å². The number of hydrogen-bond donors (Lipinski definition) is 0. The zero-order valence-corrected chi connectivity index (χ0v) is 8.69. The maximum atomic E-state index is 4.71. The van der Waals surface area contributed by atoms with Crippen molar-refractivity contribution in [2.75, 3.05) is 6.61 Å². The van der Waals surface area contributed by atoms with Gasteiger partial charge in [0.15, 0.2) is 0 Å². The highest BCUT2D eigenvalue weighted by molar-refractivity contribution is 4.58. The third-order valence-electron chi connectivity index (χ3n) is 0.500. The van der Waals surface area contributed by atoms with Crippen LogP contribution in [0.1, 0.15) is 48.5 Å². The Morgan fingerprint density at radius 3 is 1.00 bits per heavy atom. The summed E-state index contributed by atoms with van der Waals surface area (Å²) < 4.78 is 4.71. The lowest BCUT2D eigenvalue weighted by atomic mass is 10.6. The van der Waals surface area contributed by atoms with Gasteiger partial charge in [-0.15, -0.1) is 0 Å². The summed E-state index contributed by atoms with van der Waals surface area (Å²) in [5.74, 6) is 0. The Morgan fingerprint density at radius 1 is 0.900 bits per heavy atom. The van der Waals surface area contributed by atoms with Crippen LogP contribution in [0.2, 0.25) is 0 Å². The Kier molecular flexibility index (Phi) is 38.1. The van der Waals surface area contributed by atoms with Gasteiger partial charge >= 0.3 is 0 Å². The van der Waals surface area contributed by atoms with Crippen LogP contribution >= 0.6 is 0 Å². The normalized spacial score (nSPS) is 17.7. The number of rotatable bonds is 0. The minimum atomic E-state index is 0.583. The van der Waals surface area contributed by atoms with E-state index in [-0.39, 0.29) is 0 Å². The molecule has 0 aromatic heterocycles. The first-order chi connectivity index (χ1) is 4.89. The van der Waals surface area contributed by atoms with Crippen LogP contribution < -0.4 is 0 Å². The van der Waals surface area contributed by atoms with Gasteiger partial charge in [0.2, 0.25) is 0 Å². The third-order valence-corrected chi connectivity index (χ3v) is 0.500. The van der Waals surface area contributed by atoms with Crippen LogP contribution in [0.25, 0.3) is 0 Å². The van der Waals surface area contributed by atoms with E-state index in [0.29, 0.717) is 6.10 Å². The van der Waals surface area contributed by atoms with E-state index >= 15 is 0 Å². The largest absolute Gasteiger partial charge is 0.373 e. The molecule has 0 aliphatic carbocycles. The summed E-state index contributed by atoms with van der Waals surface area (Å²) in [6, 6.07) is 0. The molecule has 1 rings (SSSR count). The van der Waals surface area contributed by atoms with Crippen LogP contribution in [0, 0.1) is 0 Å². The van der Waals surface area contributed by atoms with Gasteiger partial charge in [-0.3, -0.25) is 0 Å². The average molecular weight is 148 g/mol. The summed E-state index contributed by atoms with van der Waals surface area (Å²) >= 11 is 0. The molecule has 1 saturated heterocycles. The molecule has 0 bridgehead atoms. The van der Waals surface area contributed by atoms with Crippen molar-refractivity contribution in [1.82, 2.24) is 0 Å². The molecular weight excluding hydrogens is 124 g/mol. The van der Waals surface area contributed by atoms with Crippen molar-refractivity contribution in [2.24, 2.45) is 0 Å². The van der Waals surface area contributed by atoms with E-state index in [1.54, 1.807) is 0 Å². The van der Waals surface area contributed by atoms with Crippen LogP contribution in [0.15, 0.2) is 0 Å². The van der Waals surface area contributed by atoms with E-state index in [1.165, 1.54) is 0 Å². The first-order valence-corrected chi connectivity index (χ1v) is 4.51. The lowest BCUT2D eigenvalue weighted by Gasteiger charge is -1.50. The van der Waals surface area contributed by atoms with Crippen LogP contribution in [0.3, 0.4) is 0 Å². The van der Waals surface area contributed by atoms with Crippen molar-refractivity contribution in [3.8, 4) is 0 Å². The van der Waals surface area contributed by atoms with Gasteiger partial charge in [0.1, 0.15) is 0 Å². The molecule has 0 aromatic carbocycles. The lowest BCUT2D eigenvalue weighted by molar-refractivity contribution is 0.423. The zero-order chi connectivity index (χ0) is 8.99.